The van der Waals surface area contributed by atoms with Crippen molar-refractivity contribution in [1.29, 1.82) is 0 Å². The molecule has 1 heterocycles. The van der Waals surface area contributed by atoms with E-state index in [4.69, 9.17) is 4.42 Å². The third kappa shape index (κ3) is 1.88. The predicted molar refractivity (Wildman–Crippen MR) is 73.9 cm³/mol. The predicted octanol–water partition coefficient (Wildman–Crippen LogP) is 5.30. The van der Waals surface area contributed by atoms with Gasteiger partial charge in [0.05, 0.1) is 6.26 Å². The minimum absolute atomic E-state index is 0.510. The molecule has 0 aliphatic rings. The van der Waals surface area contributed by atoms with E-state index in [0.717, 1.165) is 5.58 Å². The first-order valence-electron chi connectivity index (χ1n) is 6.44. The van der Waals surface area contributed by atoms with Crippen molar-refractivity contribution in [2.75, 3.05) is 0 Å². The van der Waals surface area contributed by atoms with Gasteiger partial charge in [0.15, 0.2) is 0 Å². The zero-order chi connectivity index (χ0) is 12.7. The molecule has 0 N–H and O–H groups in total. The van der Waals surface area contributed by atoms with E-state index in [-0.39, 0.29) is 0 Å². The average molecular weight is 230 g/mol. The van der Waals surface area contributed by atoms with Crippen LogP contribution in [0.5, 0.6) is 0 Å². The first-order chi connectivity index (χ1) is 7.93. The molecule has 1 aromatic heterocycles. The van der Waals surface area contributed by atoms with Crippen LogP contribution in [0.3, 0.4) is 0 Å². The fourth-order valence-corrected chi connectivity index (χ4v) is 2.42. The SMILES string of the molecule is Cc1cc(C(C)C)c2c(C(C)C)coc2c1C. The lowest BCUT2D eigenvalue weighted by Crippen LogP contribution is -1.95. The fourth-order valence-electron chi connectivity index (χ4n) is 2.42. The third-order valence-corrected chi connectivity index (χ3v) is 3.66. The number of benzene rings is 1. The highest BCUT2D eigenvalue weighted by Gasteiger charge is 2.18. The summed E-state index contributed by atoms with van der Waals surface area (Å²) in [6, 6.07) is 2.32. The number of hydrogen-bond acceptors (Lipinski definition) is 1. The lowest BCUT2D eigenvalue weighted by molar-refractivity contribution is 0.603. The Morgan fingerprint density at radius 3 is 2.06 bits per heavy atom. The van der Waals surface area contributed by atoms with Crippen LogP contribution in [0.25, 0.3) is 11.0 Å². The van der Waals surface area contributed by atoms with E-state index in [1.54, 1.807) is 0 Å². The van der Waals surface area contributed by atoms with E-state index < -0.39 is 0 Å². The second-order valence-corrected chi connectivity index (χ2v) is 5.61. The molecule has 1 nitrogen and oxygen atoms in total. The molecule has 2 aromatic rings. The van der Waals surface area contributed by atoms with Crippen LogP contribution in [-0.4, -0.2) is 0 Å². The van der Waals surface area contributed by atoms with Crippen LogP contribution in [0.2, 0.25) is 0 Å². The molecule has 0 radical (unpaired) electrons. The molecule has 0 bridgehead atoms. The summed E-state index contributed by atoms with van der Waals surface area (Å²) in [6.07, 6.45) is 1.94. The Morgan fingerprint density at radius 1 is 0.941 bits per heavy atom. The highest BCUT2D eigenvalue weighted by Crippen LogP contribution is 2.36. The monoisotopic (exact) mass is 230 g/mol. The van der Waals surface area contributed by atoms with Crippen LogP contribution in [0, 0.1) is 13.8 Å². The maximum absolute atomic E-state index is 5.81. The Balaban J connectivity index is 2.88. The second kappa shape index (κ2) is 4.21. The zero-order valence-electron chi connectivity index (χ0n) is 11.7. The number of fused-ring (bicyclic) bond motifs is 1. The van der Waals surface area contributed by atoms with Gasteiger partial charge in [-0.05, 0) is 42.4 Å². The molecule has 1 aromatic carbocycles. The smallest absolute Gasteiger partial charge is 0.137 e. The summed E-state index contributed by atoms with van der Waals surface area (Å²) >= 11 is 0. The second-order valence-electron chi connectivity index (χ2n) is 5.61. The highest BCUT2D eigenvalue weighted by atomic mass is 16.3. The summed E-state index contributed by atoms with van der Waals surface area (Å²) in [7, 11) is 0. The summed E-state index contributed by atoms with van der Waals surface area (Å²) in [5, 5.41) is 1.35. The maximum Gasteiger partial charge on any atom is 0.137 e. The van der Waals surface area contributed by atoms with Crippen molar-refractivity contribution in [2.24, 2.45) is 0 Å². The van der Waals surface area contributed by atoms with Crippen LogP contribution < -0.4 is 0 Å². The zero-order valence-corrected chi connectivity index (χ0v) is 11.7. The molecular formula is C16H22O. The number of hydrogen-bond donors (Lipinski definition) is 0. The Hall–Kier alpha value is -1.24. The molecule has 0 unspecified atom stereocenters. The molecule has 0 aliphatic heterocycles. The molecule has 0 atom stereocenters. The van der Waals surface area contributed by atoms with E-state index in [1.807, 2.05) is 6.26 Å². The van der Waals surface area contributed by atoms with Crippen molar-refractivity contribution in [3.63, 3.8) is 0 Å². The van der Waals surface area contributed by atoms with Crippen LogP contribution >= 0.6 is 0 Å². The van der Waals surface area contributed by atoms with Crippen LogP contribution in [0.1, 0.15) is 61.8 Å². The fraction of sp³-hybridized carbons (Fsp3) is 0.500. The van der Waals surface area contributed by atoms with Gasteiger partial charge in [0, 0.05) is 10.9 Å². The minimum atomic E-state index is 0.510. The van der Waals surface area contributed by atoms with Gasteiger partial charge < -0.3 is 4.42 Å². The number of furan rings is 1. The van der Waals surface area contributed by atoms with E-state index in [0.29, 0.717) is 11.8 Å². The van der Waals surface area contributed by atoms with Gasteiger partial charge in [0.2, 0.25) is 0 Å². The van der Waals surface area contributed by atoms with Gasteiger partial charge in [-0.1, -0.05) is 33.8 Å². The molecular weight excluding hydrogens is 208 g/mol. The molecule has 0 aliphatic carbocycles. The molecule has 0 saturated carbocycles. The van der Waals surface area contributed by atoms with Gasteiger partial charge in [-0.25, -0.2) is 0 Å². The third-order valence-electron chi connectivity index (χ3n) is 3.66. The van der Waals surface area contributed by atoms with E-state index >= 15 is 0 Å². The van der Waals surface area contributed by atoms with Gasteiger partial charge >= 0.3 is 0 Å². The van der Waals surface area contributed by atoms with E-state index in [9.17, 15) is 0 Å². The van der Waals surface area contributed by atoms with Crippen molar-refractivity contribution < 1.29 is 4.42 Å². The summed E-state index contributed by atoms with van der Waals surface area (Å²) in [4.78, 5) is 0. The molecule has 92 valence electrons. The maximum atomic E-state index is 5.81. The van der Waals surface area contributed by atoms with Crippen molar-refractivity contribution in [1.82, 2.24) is 0 Å². The van der Waals surface area contributed by atoms with Gasteiger partial charge in [-0.15, -0.1) is 0 Å². The lowest BCUT2D eigenvalue weighted by Gasteiger charge is -2.13. The normalized spacial score (nSPS) is 12.0. The average Bonchev–Trinajstić information content (AvgIpc) is 2.67. The molecule has 0 saturated heterocycles. The largest absolute Gasteiger partial charge is 0.464 e. The highest BCUT2D eigenvalue weighted by molar-refractivity contribution is 5.89. The lowest BCUT2D eigenvalue weighted by atomic mass is 9.90. The standard InChI is InChI=1S/C16H22O/c1-9(2)13-7-11(5)12(6)16-15(13)14(8-17-16)10(3)4/h7-10H,1-6H3. The molecule has 2 rings (SSSR count). The molecule has 0 amide bonds. The minimum Gasteiger partial charge on any atom is -0.464 e. The summed E-state index contributed by atoms with van der Waals surface area (Å²) in [6.45, 7) is 13.3. The van der Waals surface area contributed by atoms with Gasteiger partial charge in [0.1, 0.15) is 5.58 Å². The van der Waals surface area contributed by atoms with Crippen LogP contribution in [-0.2, 0) is 0 Å². The summed E-state index contributed by atoms with van der Waals surface area (Å²) < 4.78 is 5.81. The Labute approximate surface area is 104 Å². The molecule has 17 heavy (non-hydrogen) atoms. The van der Waals surface area contributed by atoms with Crippen molar-refractivity contribution in [3.05, 3.63) is 34.6 Å². The first kappa shape index (κ1) is 12.2. The van der Waals surface area contributed by atoms with E-state index in [1.165, 1.54) is 27.6 Å². The van der Waals surface area contributed by atoms with Crippen molar-refractivity contribution in [3.8, 4) is 0 Å². The van der Waals surface area contributed by atoms with Crippen molar-refractivity contribution >= 4 is 11.0 Å². The summed E-state index contributed by atoms with van der Waals surface area (Å²) in [5.74, 6) is 1.04. The molecule has 0 fully saturated rings. The Kier molecular flexibility index (Phi) is 3.03. The Morgan fingerprint density at radius 2 is 1.53 bits per heavy atom. The summed E-state index contributed by atoms with van der Waals surface area (Å²) in [5.41, 5.74) is 6.44. The number of aryl methyl sites for hydroxylation is 2. The number of rotatable bonds is 2. The topological polar surface area (TPSA) is 13.1 Å². The molecule has 1 heteroatoms. The van der Waals surface area contributed by atoms with Gasteiger partial charge in [-0.2, -0.15) is 0 Å². The van der Waals surface area contributed by atoms with Crippen LogP contribution in [0.15, 0.2) is 16.7 Å². The van der Waals surface area contributed by atoms with Crippen molar-refractivity contribution in [2.45, 2.75) is 53.4 Å². The van der Waals surface area contributed by atoms with Gasteiger partial charge in [0.25, 0.3) is 0 Å². The molecule has 0 spiro atoms. The van der Waals surface area contributed by atoms with Crippen LogP contribution in [0.4, 0.5) is 0 Å². The quantitative estimate of drug-likeness (QED) is 0.682. The first-order valence-corrected chi connectivity index (χ1v) is 6.44. The Bertz CT molecular complexity index is 544. The van der Waals surface area contributed by atoms with Gasteiger partial charge in [-0.3, -0.25) is 0 Å². The van der Waals surface area contributed by atoms with E-state index in [2.05, 4.69) is 47.6 Å².